The number of nitrogens with one attached hydrogen (secondary N) is 1. The molecule has 0 spiro atoms. The molecule has 0 saturated carbocycles. The van der Waals surface area contributed by atoms with E-state index in [0.717, 1.165) is 0 Å². The molecule has 0 saturated heterocycles. The lowest BCUT2D eigenvalue weighted by Crippen LogP contribution is -2.19. The molecule has 0 aromatic rings. The van der Waals surface area contributed by atoms with E-state index in [-0.39, 0.29) is 17.6 Å². The lowest BCUT2D eigenvalue weighted by atomic mass is 10.0. The zero-order valence-electron chi connectivity index (χ0n) is 7.31. The minimum atomic E-state index is -0.0704. The highest BCUT2D eigenvalue weighted by Gasteiger charge is 2.08. The van der Waals surface area contributed by atoms with E-state index in [1.165, 1.54) is 0 Å². The average molecular weight is 157 g/mol. The second kappa shape index (κ2) is 4.88. The van der Waals surface area contributed by atoms with Crippen LogP contribution in [0.2, 0.25) is 0 Å². The van der Waals surface area contributed by atoms with Gasteiger partial charge in [-0.2, -0.15) is 0 Å². The van der Waals surface area contributed by atoms with E-state index in [1.807, 2.05) is 13.8 Å². The number of hydrogen-bond acceptors (Lipinski definition) is 2. The minimum absolute atomic E-state index is 0.0413. The molecule has 0 aliphatic heterocycles. The van der Waals surface area contributed by atoms with Gasteiger partial charge in [0, 0.05) is 25.8 Å². The highest BCUT2D eigenvalue weighted by atomic mass is 16.2. The van der Waals surface area contributed by atoms with Gasteiger partial charge in [0.1, 0.15) is 5.78 Å². The van der Waals surface area contributed by atoms with Crippen LogP contribution in [0.25, 0.3) is 0 Å². The van der Waals surface area contributed by atoms with Gasteiger partial charge in [0.05, 0.1) is 0 Å². The van der Waals surface area contributed by atoms with Crippen molar-refractivity contribution in [3.63, 3.8) is 0 Å². The molecule has 1 amide bonds. The molecule has 0 atom stereocenters. The third-order valence-corrected chi connectivity index (χ3v) is 1.52. The Labute approximate surface area is 67.2 Å². The van der Waals surface area contributed by atoms with Crippen molar-refractivity contribution in [3.8, 4) is 0 Å². The van der Waals surface area contributed by atoms with Gasteiger partial charge in [0.2, 0.25) is 5.91 Å². The predicted octanol–water partition coefficient (Wildman–Crippen LogP) is 0.738. The molecule has 0 fully saturated rings. The first-order valence-corrected chi connectivity index (χ1v) is 3.81. The summed E-state index contributed by atoms with van der Waals surface area (Å²) in [6.07, 6.45) is 0.671. The Morgan fingerprint density at radius 3 is 2.18 bits per heavy atom. The van der Waals surface area contributed by atoms with Crippen LogP contribution in [0.4, 0.5) is 0 Å². The summed E-state index contributed by atoms with van der Waals surface area (Å²) >= 11 is 0. The summed E-state index contributed by atoms with van der Waals surface area (Å²) in [6, 6.07) is 0. The van der Waals surface area contributed by atoms with E-state index in [1.54, 1.807) is 7.05 Å². The van der Waals surface area contributed by atoms with E-state index >= 15 is 0 Å². The van der Waals surface area contributed by atoms with Crippen molar-refractivity contribution < 1.29 is 9.59 Å². The van der Waals surface area contributed by atoms with Crippen molar-refractivity contribution >= 4 is 11.7 Å². The Kier molecular flexibility index (Phi) is 4.50. The van der Waals surface area contributed by atoms with Crippen LogP contribution >= 0.6 is 0 Å². The maximum atomic E-state index is 11.0. The summed E-state index contributed by atoms with van der Waals surface area (Å²) in [6.45, 7) is 3.68. The highest BCUT2D eigenvalue weighted by Crippen LogP contribution is 2.00. The molecule has 0 aliphatic carbocycles. The van der Waals surface area contributed by atoms with E-state index in [4.69, 9.17) is 0 Å². The van der Waals surface area contributed by atoms with E-state index in [2.05, 4.69) is 5.32 Å². The normalized spacial score (nSPS) is 9.82. The molecule has 0 rings (SSSR count). The molecule has 0 aromatic heterocycles. The zero-order valence-corrected chi connectivity index (χ0v) is 7.31. The fourth-order valence-electron chi connectivity index (χ4n) is 0.650. The summed E-state index contributed by atoms with van der Waals surface area (Å²) in [7, 11) is 1.57. The van der Waals surface area contributed by atoms with Gasteiger partial charge < -0.3 is 5.32 Å². The molecule has 3 nitrogen and oxygen atoms in total. The molecule has 0 heterocycles. The van der Waals surface area contributed by atoms with E-state index < -0.39 is 0 Å². The molecule has 0 radical (unpaired) electrons. The van der Waals surface area contributed by atoms with Crippen LogP contribution in [0.15, 0.2) is 0 Å². The van der Waals surface area contributed by atoms with Crippen molar-refractivity contribution in [2.75, 3.05) is 7.05 Å². The van der Waals surface area contributed by atoms with Crippen molar-refractivity contribution in [1.82, 2.24) is 5.32 Å². The third kappa shape index (κ3) is 4.53. The Hall–Kier alpha value is -0.860. The van der Waals surface area contributed by atoms with Gasteiger partial charge in [-0.25, -0.2) is 0 Å². The van der Waals surface area contributed by atoms with Crippen molar-refractivity contribution in [2.45, 2.75) is 26.7 Å². The zero-order chi connectivity index (χ0) is 8.85. The molecule has 0 aliphatic rings. The summed E-state index contributed by atoms with van der Waals surface area (Å²) in [5.74, 6) is 0.118. The topological polar surface area (TPSA) is 46.2 Å². The van der Waals surface area contributed by atoms with Gasteiger partial charge in [-0.3, -0.25) is 9.59 Å². The Morgan fingerprint density at radius 2 is 1.82 bits per heavy atom. The maximum Gasteiger partial charge on any atom is 0.220 e. The predicted molar refractivity (Wildman–Crippen MR) is 43.1 cm³/mol. The van der Waals surface area contributed by atoms with Crippen LogP contribution in [0.1, 0.15) is 26.7 Å². The molecular weight excluding hydrogens is 142 g/mol. The highest BCUT2D eigenvalue weighted by molar-refractivity contribution is 5.85. The largest absolute Gasteiger partial charge is 0.359 e. The monoisotopic (exact) mass is 157 g/mol. The van der Waals surface area contributed by atoms with Crippen LogP contribution in [0.5, 0.6) is 0 Å². The molecule has 0 aromatic carbocycles. The smallest absolute Gasteiger partial charge is 0.220 e. The fourth-order valence-corrected chi connectivity index (χ4v) is 0.650. The van der Waals surface area contributed by atoms with Crippen molar-refractivity contribution in [3.05, 3.63) is 0 Å². The molecule has 64 valence electrons. The summed E-state index contributed by atoms with van der Waals surface area (Å²) in [5, 5.41) is 2.47. The summed E-state index contributed by atoms with van der Waals surface area (Å²) in [5.41, 5.74) is 0. The molecule has 11 heavy (non-hydrogen) atoms. The molecule has 1 N–H and O–H groups in total. The first-order valence-electron chi connectivity index (χ1n) is 3.81. The van der Waals surface area contributed by atoms with Crippen LogP contribution in [-0.2, 0) is 9.59 Å². The number of amides is 1. The molecule has 3 heteroatoms. The minimum Gasteiger partial charge on any atom is -0.359 e. The molecule has 0 bridgehead atoms. The van der Waals surface area contributed by atoms with Gasteiger partial charge in [0.15, 0.2) is 0 Å². The standard InChI is InChI=1S/C8H15NO2/c1-6(2)7(10)4-5-8(11)9-3/h6H,4-5H2,1-3H3,(H,9,11). The molecule has 0 unspecified atom stereocenters. The lowest BCUT2D eigenvalue weighted by molar-refractivity contribution is -0.126. The third-order valence-electron chi connectivity index (χ3n) is 1.52. The van der Waals surface area contributed by atoms with Gasteiger partial charge in [-0.15, -0.1) is 0 Å². The number of hydrogen-bond donors (Lipinski definition) is 1. The number of rotatable bonds is 4. The van der Waals surface area contributed by atoms with Gasteiger partial charge in [-0.05, 0) is 0 Å². The van der Waals surface area contributed by atoms with E-state index in [0.29, 0.717) is 12.8 Å². The lowest BCUT2D eigenvalue weighted by Gasteiger charge is -2.02. The second-order valence-electron chi connectivity index (χ2n) is 2.79. The Balaban J connectivity index is 3.54. The van der Waals surface area contributed by atoms with Crippen LogP contribution < -0.4 is 5.32 Å². The maximum absolute atomic E-state index is 11.0. The fraction of sp³-hybridized carbons (Fsp3) is 0.750. The van der Waals surface area contributed by atoms with Gasteiger partial charge in [0.25, 0.3) is 0 Å². The Morgan fingerprint density at radius 1 is 1.27 bits per heavy atom. The van der Waals surface area contributed by atoms with Gasteiger partial charge in [-0.1, -0.05) is 13.8 Å². The summed E-state index contributed by atoms with van der Waals surface area (Å²) in [4.78, 5) is 21.7. The van der Waals surface area contributed by atoms with E-state index in [9.17, 15) is 9.59 Å². The summed E-state index contributed by atoms with van der Waals surface area (Å²) < 4.78 is 0. The first kappa shape index (κ1) is 10.1. The number of ketones is 1. The number of carbonyl (C=O) groups excluding carboxylic acids is 2. The quantitative estimate of drug-likeness (QED) is 0.654. The van der Waals surface area contributed by atoms with Crippen LogP contribution in [0.3, 0.4) is 0 Å². The van der Waals surface area contributed by atoms with Crippen LogP contribution in [-0.4, -0.2) is 18.7 Å². The van der Waals surface area contributed by atoms with Gasteiger partial charge >= 0.3 is 0 Å². The number of carbonyl (C=O) groups is 2. The van der Waals surface area contributed by atoms with Crippen molar-refractivity contribution in [2.24, 2.45) is 5.92 Å². The second-order valence-corrected chi connectivity index (χ2v) is 2.79. The SMILES string of the molecule is CNC(=O)CCC(=O)C(C)C. The average Bonchev–Trinajstić information content (AvgIpc) is 1.99. The van der Waals surface area contributed by atoms with Crippen LogP contribution in [0, 0.1) is 5.92 Å². The number of Topliss-reactive ketones (excluding diaryl/α,β-unsaturated/α-hetero) is 1. The molecular formula is C8H15NO2. The Bertz CT molecular complexity index is 152. The first-order chi connectivity index (χ1) is 5.07. The van der Waals surface area contributed by atoms with Crippen molar-refractivity contribution in [1.29, 1.82) is 0 Å².